The summed E-state index contributed by atoms with van der Waals surface area (Å²) in [6, 6.07) is 27.9. The zero-order chi connectivity index (χ0) is 24.2. The lowest BCUT2D eigenvalue weighted by molar-refractivity contribution is 0.0747. The summed E-state index contributed by atoms with van der Waals surface area (Å²) < 4.78 is 0. The van der Waals surface area contributed by atoms with Crippen LogP contribution in [0, 0.1) is 6.92 Å². The summed E-state index contributed by atoms with van der Waals surface area (Å²) in [5, 5.41) is 10.4. The van der Waals surface area contributed by atoms with E-state index < -0.39 is 6.10 Å². The molecule has 0 bridgehead atoms. The molecule has 0 heterocycles. The van der Waals surface area contributed by atoms with Crippen LogP contribution in [0.15, 0.2) is 97.1 Å². The molecule has 1 unspecified atom stereocenters. The van der Waals surface area contributed by atoms with Crippen LogP contribution in [0.5, 0.6) is 0 Å². The molecule has 1 aliphatic rings. The van der Waals surface area contributed by atoms with Gasteiger partial charge in [-0.05, 0) is 30.2 Å². The lowest BCUT2D eigenvalue weighted by Crippen LogP contribution is -2.20. The minimum atomic E-state index is -1.08. The first-order valence-electron chi connectivity index (χ1n) is 10.7. The van der Waals surface area contributed by atoms with Gasteiger partial charge in [-0.15, -0.1) is 0 Å². The molecule has 0 saturated heterocycles. The highest BCUT2D eigenvalue weighted by Crippen LogP contribution is 2.30. The van der Waals surface area contributed by atoms with Gasteiger partial charge in [0, 0.05) is 32.8 Å². The quantitative estimate of drug-likeness (QED) is 0.328. The Kier molecular flexibility index (Phi) is 6.82. The van der Waals surface area contributed by atoms with Crippen LogP contribution in [0.2, 0.25) is 5.02 Å². The van der Waals surface area contributed by atoms with Crippen LogP contribution >= 0.6 is 11.6 Å². The second kappa shape index (κ2) is 9.96. The Morgan fingerprint density at radius 3 is 1.74 bits per heavy atom. The third-order valence-electron chi connectivity index (χ3n) is 5.63. The number of Topliss-reactive ketones (excluding diaryl/α,β-unsaturated/α-hetero) is 1. The lowest BCUT2D eigenvalue weighted by atomic mass is 9.83. The van der Waals surface area contributed by atoms with Gasteiger partial charge >= 0.3 is 0 Å². The van der Waals surface area contributed by atoms with Crippen LogP contribution in [-0.2, 0) is 0 Å². The van der Waals surface area contributed by atoms with Crippen molar-refractivity contribution in [3.05, 3.63) is 141 Å². The van der Waals surface area contributed by atoms with Crippen molar-refractivity contribution in [3.8, 4) is 0 Å². The van der Waals surface area contributed by atoms with Gasteiger partial charge < -0.3 is 5.11 Å². The van der Waals surface area contributed by atoms with Crippen molar-refractivity contribution >= 4 is 29.0 Å². The maximum absolute atomic E-state index is 12.3. The van der Waals surface area contributed by atoms with Crippen molar-refractivity contribution in [3.63, 3.8) is 0 Å². The van der Waals surface area contributed by atoms with Gasteiger partial charge in [0.15, 0.2) is 17.3 Å². The molecule has 1 atom stereocenters. The predicted octanol–water partition coefficient (Wildman–Crippen LogP) is 6.03. The highest BCUT2D eigenvalue weighted by Gasteiger charge is 2.29. The van der Waals surface area contributed by atoms with E-state index in [2.05, 4.69) is 0 Å². The molecule has 0 fully saturated rings. The topological polar surface area (TPSA) is 71.4 Å². The average molecular weight is 469 g/mol. The lowest BCUT2D eigenvalue weighted by Gasteiger charge is -2.18. The molecular weight excluding hydrogens is 448 g/mol. The smallest absolute Gasteiger partial charge is 0.195 e. The fraction of sp³-hybridized carbons (Fsp3) is 0.0690. The van der Waals surface area contributed by atoms with Gasteiger partial charge in [0.2, 0.25) is 0 Å². The number of aliphatic hydroxyl groups is 1. The summed E-state index contributed by atoms with van der Waals surface area (Å²) in [6.07, 6.45) is -1.08. The van der Waals surface area contributed by atoms with E-state index in [0.29, 0.717) is 38.4 Å². The van der Waals surface area contributed by atoms with Crippen LogP contribution < -0.4 is 0 Å². The number of benzene rings is 4. The van der Waals surface area contributed by atoms with Gasteiger partial charge in [-0.3, -0.25) is 14.4 Å². The van der Waals surface area contributed by atoms with Gasteiger partial charge in [-0.2, -0.15) is 0 Å². The molecule has 168 valence electrons. The first-order chi connectivity index (χ1) is 16.4. The van der Waals surface area contributed by atoms with Crippen molar-refractivity contribution in [2.24, 2.45) is 0 Å². The van der Waals surface area contributed by atoms with E-state index in [-0.39, 0.29) is 17.3 Å². The van der Waals surface area contributed by atoms with Crippen LogP contribution in [-0.4, -0.2) is 22.5 Å². The van der Waals surface area contributed by atoms with Crippen molar-refractivity contribution in [2.75, 3.05) is 0 Å². The minimum Gasteiger partial charge on any atom is -0.380 e. The molecule has 0 aliphatic heterocycles. The Bertz CT molecular complexity index is 1320. The molecule has 4 aromatic carbocycles. The standard InChI is InChI=1S/C15H9ClO2.C14H12O2/c1-8-6-11-12(7-13(8)16)15(18)10-5-3-2-4-9(10)14(11)17;15-13(11-7-3-1-4-8-11)14(16)12-9-5-2-6-10-12/h2-7H,1H3;1-10,13,15H. The Hall–Kier alpha value is -3.86. The maximum atomic E-state index is 12.3. The molecule has 1 aliphatic carbocycles. The number of aryl methyl sites for hydroxylation is 1. The molecule has 0 saturated carbocycles. The highest BCUT2D eigenvalue weighted by atomic mass is 35.5. The third-order valence-corrected chi connectivity index (χ3v) is 6.03. The monoisotopic (exact) mass is 468 g/mol. The summed E-state index contributed by atoms with van der Waals surface area (Å²) in [6.45, 7) is 1.82. The van der Waals surface area contributed by atoms with E-state index in [4.69, 9.17) is 11.6 Å². The van der Waals surface area contributed by atoms with Gasteiger partial charge in [-0.25, -0.2) is 0 Å². The first kappa shape index (κ1) is 23.3. The number of rotatable bonds is 3. The number of carbonyl (C=O) groups excluding carboxylic acids is 3. The van der Waals surface area contributed by atoms with E-state index >= 15 is 0 Å². The van der Waals surface area contributed by atoms with Crippen molar-refractivity contribution in [1.29, 1.82) is 0 Å². The maximum Gasteiger partial charge on any atom is 0.195 e. The van der Waals surface area contributed by atoms with Gasteiger partial charge in [0.25, 0.3) is 0 Å². The van der Waals surface area contributed by atoms with E-state index in [9.17, 15) is 19.5 Å². The Balaban J connectivity index is 0.000000162. The van der Waals surface area contributed by atoms with Gasteiger partial charge in [0.05, 0.1) is 0 Å². The second-order valence-electron chi connectivity index (χ2n) is 7.89. The molecule has 4 nitrogen and oxygen atoms in total. The van der Waals surface area contributed by atoms with E-state index in [1.165, 1.54) is 0 Å². The van der Waals surface area contributed by atoms with E-state index in [1.807, 2.05) is 19.1 Å². The van der Waals surface area contributed by atoms with Gasteiger partial charge in [0.1, 0.15) is 6.10 Å². The van der Waals surface area contributed by atoms with Crippen LogP contribution in [0.25, 0.3) is 0 Å². The summed E-state index contributed by atoms with van der Waals surface area (Å²) in [4.78, 5) is 36.5. The Morgan fingerprint density at radius 2 is 1.18 bits per heavy atom. The number of ketones is 3. The largest absolute Gasteiger partial charge is 0.380 e. The summed E-state index contributed by atoms with van der Waals surface area (Å²) >= 11 is 6.02. The molecule has 0 radical (unpaired) electrons. The molecular formula is C29H21ClO4. The highest BCUT2D eigenvalue weighted by molar-refractivity contribution is 6.34. The Morgan fingerprint density at radius 1 is 0.706 bits per heavy atom. The van der Waals surface area contributed by atoms with Crippen molar-refractivity contribution in [1.82, 2.24) is 0 Å². The van der Waals surface area contributed by atoms with Gasteiger partial charge in [-0.1, -0.05) is 96.5 Å². The zero-order valence-electron chi connectivity index (χ0n) is 18.4. The molecule has 5 heteroatoms. The van der Waals surface area contributed by atoms with Crippen LogP contribution in [0.1, 0.15) is 59.4 Å². The number of fused-ring (bicyclic) bond motifs is 2. The van der Waals surface area contributed by atoms with Crippen molar-refractivity contribution < 1.29 is 19.5 Å². The SMILES string of the molecule is Cc1cc2c(cc1Cl)C(=O)c1ccccc1C2=O.O=C(c1ccccc1)C(O)c1ccccc1. The second-order valence-corrected chi connectivity index (χ2v) is 8.30. The minimum absolute atomic E-state index is 0.111. The first-order valence-corrected chi connectivity index (χ1v) is 11.1. The molecule has 1 N–H and O–H groups in total. The zero-order valence-corrected chi connectivity index (χ0v) is 19.1. The molecule has 34 heavy (non-hydrogen) atoms. The average Bonchev–Trinajstić information content (AvgIpc) is 2.89. The summed E-state index contributed by atoms with van der Waals surface area (Å²) in [5.74, 6) is -0.520. The van der Waals surface area contributed by atoms with E-state index in [1.54, 1.807) is 84.9 Å². The number of aliphatic hydroxyl groups excluding tert-OH is 1. The molecule has 0 aromatic heterocycles. The van der Waals surface area contributed by atoms with E-state index in [0.717, 1.165) is 5.56 Å². The molecule has 5 rings (SSSR count). The predicted molar refractivity (Wildman–Crippen MR) is 132 cm³/mol. The Labute approximate surface area is 202 Å². The fourth-order valence-electron chi connectivity index (χ4n) is 3.77. The number of hydrogen-bond acceptors (Lipinski definition) is 4. The number of hydrogen-bond donors (Lipinski definition) is 1. The fourth-order valence-corrected chi connectivity index (χ4v) is 3.94. The number of halogens is 1. The normalized spacial score (nSPS) is 12.7. The van der Waals surface area contributed by atoms with Crippen LogP contribution in [0.3, 0.4) is 0 Å². The molecule has 0 spiro atoms. The summed E-state index contributed by atoms with van der Waals surface area (Å²) in [7, 11) is 0. The molecule has 4 aromatic rings. The molecule has 0 amide bonds. The third kappa shape index (κ3) is 4.60. The van der Waals surface area contributed by atoms with Crippen LogP contribution in [0.4, 0.5) is 0 Å². The van der Waals surface area contributed by atoms with Crippen molar-refractivity contribution in [2.45, 2.75) is 13.0 Å². The summed E-state index contributed by atoms with van der Waals surface area (Å²) in [5.41, 5.74) is 3.72. The number of carbonyl (C=O) groups is 3.